The molecule has 1 atom stereocenters. The number of rotatable bonds is 37. The van der Waals surface area contributed by atoms with Gasteiger partial charge in [0.1, 0.15) is 6.10 Å². The van der Waals surface area contributed by atoms with Crippen molar-refractivity contribution in [2.24, 2.45) is 0 Å². The third-order valence-electron chi connectivity index (χ3n) is 9.33. The number of hydrogen-bond donors (Lipinski definition) is 1. The van der Waals surface area contributed by atoms with E-state index in [-0.39, 0.29) is 12.1 Å². The zero-order valence-corrected chi connectivity index (χ0v) is 30.0. The monoisotopic (exact) mass is 623 g/mol. The maximum absolute atomic E-state index is 12.7. The predicted molar refractivity (Wildman–Crippen MR) is 190 cm³/mol. The number of carbonyl (C=O) groups excluding carboxylic acids is 1. The van der Waals surface area contributed by atoms with Crippen LogP contribution in [0.3, 0.4) is 0 Å². The second kappa shape index (κ2) is 36.4. The molecule has 262 valence electrons. The molecule has 0 radical (unpaired) electrons. The molecule has 0 heterocycles. The number of aliphatic carboxylic acids is 1. The fourth-order valence-electron chi connectivity index (χ4n) is 6.36. The lowest BCUT2D eigenvalue weighted by atomic mass is 10.0. The van der Waals surface area contributed by atoms with Gasteiger partial charge in [-0.15, -0.1) is 0 Å². The maximum atomic E-state index is 12.7. The zero-order valence-electron chi connectivity index (χ0n) is 30.0. The Balaban J connectivity index is 4.02. The molecule has 0 rings (SSSR count). The lowest BCUT2D eigenvalue weighted by molar-refractivity contribution is -0.150. The Morgan fingerprint density at radius 2 is 0.682 bits per heavy atom. The number of carbonyl (C=O) groups is 2. The van der Waals surface area contributed by atoms with Crippen LogP contribution in [0.25, 0.3) is 0 Å². The van der Waals surface area contributed by atoms with Crippen LogP contribution < -0.4 is 0 Å². The lowest BCUT2D eigenvalue weighted by Crippen LogP contribution is -2.18. The van der Waals surface area contributed by atoms with E-state index in [0.29, 0.717) is 12.8 Å². The predicted octanol–water partition coefficient (Wildman–Crippen LogP) is 13.7. The van der Waals surface area contributed by atoms with Crippen molar-refractivity contribution < 1.29 is 19.4 Å². The molecule has 0 aliphatic carbocycles. The third kappa shape index (κ3) is 35.4. The Morgan fingerprint density at radius 3 is 1.00 bits per heavy atom. The minimum absolute atomic E-state index is 0.0388. The topological polar surface area (TPSA) is 63.6 Å². The quantitative estimate of drug-likeness (QED) is 0.0553. The van der Waals surface area contributed by atoms with Crippen molar-refractivity contribution in [2.75, 3.05) is 0 Å². The van der Waals surface area contributed by atoms with Gasteiger partial charge in [-0.1, -0.05) is 187 Å². The molecule has 0 aromatic carbocycles. The van der Waals surface area contributed by atoms with Gasteiger partial charge >= 0.3 is 11.9 Å². The average molecular weight is 623 g/mol. The second-order valence-corrected chi connectivity index (χ2v) is 13.8. The first-order valence-corrected chi connectivity index (χ1v) is 20.0. The van der Waals surface area contributed by atoms with Gasteiger partial charge in [0.25, 0.3) is 0 Å². The average Bonchev–Trinajstić information content (AvgIpc) is 3.01. The minimum Gasteiger partial charge on any atom is -0.481 e. The van der Waals surface area contributed by atoms with Crippen LogP contribution in [0.1, 0.15) is 239 Å². The first-order valence-electron chi connectivity index (χ1n) is 20.0. The molecular formula is C40H78O4. The zero-order chi connectivity index (χ0) is 32.2. The Morgan fingerprint density at radius 1 is 0.409 bits per heavy atom. The van der Waals surface area contributed by atoms with Gasteiger partial charge in [0.05, 0.1) is 0 Å². The first-order chi connectivity index (χ1) is 21.6. The van der Waals surface area contributed by atoms with Crippen molar-refractivity contribution in [2.45, 2.75) is 245 Å². The molecule has 0 saturated heterocycles. The van der Waals surface area contributed by atoms with Crippen molar-refractivity contribution >= 4 is 11.9 Å². The van der Waals surface area contributed by atoms with Gasteiger partial charge in [0.2, 0.25) is 0 Å². The smallest absolute Gasteiger partial charge is 0.306 e. The van der Waals surface area contributed by atoms with E-state index in [2.05, 4.69) is 13.8 Å². The Hall–Kier alpha value is -1.06. The van der Waals surface area contributed by atoms with Gasteiger partial charge in [-0.2, -0.15) is 0 Å². The Kier molecular flexibility index (Phi) is 35.5. The highest BCUT2D eigenvalue weighted by Crippen LogP contribution is 2.19. The molecule has 0 spiro atoms. The third-order valence-corrected chi connectivity index (χ3v) is 9.33. The SMILES string of the molecule is CCCCCCCCCCCCCCCC(=O)OC(CCCCCCCCCCC)CCCCCCCCCCCC(=O)O. The fourth-order valence-corrected chi connectivity index (χ4v) is 6.36. The van der Waals surface area contributed by atoms with Crippen molar-refractivity contribution in [3.63, 3.8) is 0 Å². The molecule has 1 N–H and O–H groups in total. The fraction of sp³-hybridized carbons (Fsp3) is 0.950. The lowest BCUT2D eigenvalue weighted by Gasteiger charge is -2.18. The van der Waals surface area contributed by atoms with Crippen LogP contribution in [0.15, 0.2) is 0 Å². The summed E-state index contributed by atoms with van der Waals surface area (Å²) in [7, 11) is 0. The summed E-state index contributed by atoms with van der Waals surface area (Å²) >= 11 is 0. The van der Waals surface area contributed by atoms with E-state index in [1.165, 1.54) is 161 Å². The van der Waals surface area contributed by atoms with Crippen LogP contribution in [-0.2, 0) is 14.3 Å². The van der Waals surface area contributed by atoms with Crippen LogP contribution in [0.4, 0.5) is 0 Å². The van der Waals surface area contributed by atoms with E-state index in [9.17, 15) is 9.59 Å². The van der Waals surface area contributed by atoms with Crippen LogP contribution in [0, 0.1) is 0 Å². The van der Waals surface area contributed by atoms with Crippen molar-refractivity contribution in [3.05, 3.63) is 0 Å². The first kappa shape index (κ1) is 42.9. The molecule has 0 aromatic rings. The molecule has 0 aliphatic rings. The summed E-state index contributed by atoms with van der Waals surface area (Å²) in [6.07, 6.45) is 42.7. The summed E-state index contributed by atoms with van der Waals surface area (Å²) in [6.45, 7) is 4.56. The second-order valence-electron chi connectivity index (χ2n) is 13.8. The van der Waals surface area contributed by atoms with Crippen LogP contribution in [0.2, 0.25) is 0 Å². The van der Waals surface area contributed by atoms with Gasteiger partial charge in [-0.05, 0) is 38.5 Å². The Bertz CT molecular complexity index is 590. The molecule has 0 aliphatic heterocycles. The summed E-state index contributed by atoms with van der Waals surface area (Å²) in [6, 6.07) is 0. The molecule has 4 heteroatoms. The number of unbranched alkanes of at least 4 members (excludes halogenated alkanes) is 28. The number of hydrogen-bond acceptors (Lipinski definition) is 3. The minimum atomic E-state index is -0.675. The molecule has 0 saturated carbocycles. The van der Waals surface area contributed by atoms with Gasteiger partial charge in [-0.25, -0.2) is 0 Å². The summed E-state index contributed by atoms with van der Waals surface area (Å²) in [5.74, 6) is -0.636. The van der Waals surface area contributed by atoms with E-state index in [1.807, 2.05) is 0 Å². The summed E-state index contributed by atoms with van der Waals surface area (Å²) in [5.41, 5.74) is 0. The van der Waals surface area contributed by atoms with Crippen molar-refractivity contribution in [3.8, 4) is 0 Å². The normalized spacial score (nSPS) is 12.0. The standard InChI is InChI=1S/C40H78O4/c1-3-5-7-9-11-13-14-15-16-21-25-29-33-37-40(43)44-38(34-30-26-22-18-12-10-8-6-4-2)35-31-27-23-19-17-20-24-28-32-36-39(41)42/h38H,3-37H2,1-2H3,(H,41,42). The van der Waals surface area contributed by atoms with E-state index in [4.69, 9.17) is 9.84 Å². The van der Waals surface area contributed by atoms with Crippen LogP contribution >= 0.6 is 0 Å². The highest BCUT2D eigenvalue weighted by atomic mass is 16.5. The van der Waals surface area contributed by atoms with Gasteiger partial charge in [0, 0.05) is 12.8 Å². The van der Waals surface area contributed by atoms with Gasteiger partial charge < -0.3 is 9.84 Å². The van der Waals surface area contributed by atoms with Crippen LogP contribution in [-0.4, -0.2) is 23.1 Å². The largest absolute Gasteiger partial charge is 0.481 e. The highest BCUT2D eigenvalue weighted by molar-refractivity contribution is 5.69. The van der Waals surface area contributed by atoms with Crippen molar-refractivity contribution in [1.82, 2.24) is 0 Å². The molecular weight excluding hydrogens is 544 g/mol. The molecule has 1 unspecified atom stereocenters. The Labute approximate surface area is 275 Å². The highest BCUT2D eigenvalue weighted by Gasteiger charge is 2.14. The van der Waals surface area contributed by atoms with Crippen molar-refractivity contribution in [1.29, 1.82) is 0 Å². The number of esters is 1. The molecule has 0 aromatic heterocycles. The van der Waals surface area contributed by atoms with E-state index in [1.54, 1.807) is 0 Å². The molecule has 0 fully saturated rings. The molecule has 0 amide bonds. The van der Waals surface area contributed by atoms with Crippen LogP contribution in [0.5, 0.6) is 0 Å². The number of carboxylic acid groups (broad SMARTS) is 1. The summed E-state index contributed by atoms with van der Waals surface area (Å²) in [4.78, 5) is 23.3. The molecule has 0 bridgehead atoms. The number of ether oxygens (including phenoxy) is 1. The number of carboxylic acids is 1. The summed E-state index contributed by atoms with van der Waals surface area (Å²) in [5, 5.41) is 8.73. The molecule has 44 heavy (non-hydrogen) atoms. The van der Waals surface area contributed by atoms with Gasteiger partial charge in [0.15, 0.2) is 0 Å². The summed E-state index contributed by atoms with van der Waals surface area (Å²) < 4.78 is 6.05. The van der Waals surface area contributed by atoms with Gasteiger partial charge in [-0.3, -0.25) is 9.59 Å². The van der Waals surface area contributed by atoms with E-state index >= 15 is 0 Å². The molecule has 4 nitrogen and oxygen atoms in total. The maximum Gasteiger partial charge on any atom is 0.306 e. The van der Waals surface area contributed by atoms with E-state index < -0.39 is 5.97 Å². The van der Waals surface area contributed by atoms with E-state index in [0.717, 1.165) is 51.4 Å².